The highest BCUT2D eigenvalue weighted by Gasteiger charge is 2.38. The zero-order valence-electron chi connectivity index (χ0n) is 20.2. The number of methoxy groups -OCH3 is 1. The Morgan fingerprint density at radius 3 is 2.19 bits per heavy atom. The number of benzene rings is 4. The summed E-state index contributed by atoms with van der Waals surface area (Å²) in [6.45, 7) is 2.57. The number of hydrogen-bond acceptors (Lipinski definition) is 4. The summed E-state index contributed by atoms with van der Waals surface area (Å²) in [5.41, 5.74) is 2.59. The summed E-state index contributed by atoms with van der Waals surface area (Å²) in [6, 6.07) is 31.7. The number of carbonyl (C=O) groups excluding carboxylic acids is 1. The molecule has 6 nitrogen and oxygen atoms in total. The smallest absolute Gasteiger partial charge is 0.255 e. The van der Waals surface area contributed by atoms with Crippen LogP contribution < -0.4 is 10.1 Å². The minimum atomic E-state index is -1.47. The van der Waals surface area contributed by atoms with Gasteiger partial charge in [-0.2, -0.15) is 0 Å². The van der Waals surface area contributed by atoms with Crippen LogP contribution in [0.1, 0.15) is 34.2 Å². The summed E-state index contributed by atoms with van der Waals surface area (Å²) < 4.78 is 7.22. The van der Waals surface area contributed by atoms with Gasteiger partial charge in [-0.25, -0.2) is 4.98 Å². The molecule has 180 valence electrons. The Balaban J connectivity index is 1.61. The molecule has 0 aliphatic carbocycles. The molecular formula is C30H27N3O3. The lowest BCUT2D eigenvalue weighted by molar-refractivity contribution is 0.102. The van der Waals surface area contributed by atoms with Crippen molar-refractivity contribution in [3.8, 4) is 5.75 Å². The van der Waals surface area contributed by atoms with Crippen molar-refractivity contribution < 1.29 is 14.6 Å². The molecule has 0 aliphatic heterocycles. The van der Waals surface area contributed by atoms with Gasteiger partial charge in [-0.05, 0) is 48.4 Å². The van der Waals surface area contributed by atoms with E-state index in [1.807, 2.05) is 102 Å². The van der Waals surface area contributed by atoms with E-state index in [2.05, 4.69) is 5.32 Å². The molecular weight excluding hydrogens is 450 g/mol. The van der Waals surface area contributed by atoms with Gasteiger partial charge in [0.2, 0.25) is 0 Å². The van der Waals surface area contributed by atoms with E-state index in [4.69, 9.17) is 9.72 Å². The van der Waals surface area contributed by atoms with Crippen LogP contribution >= 0.6 is 0 Å². The molecule has 1 heterocycles. The Kier molecular flexibility index (Phi) is 6.27. The van der Waals surface area contributed by atoms with E-state index in [9.17, 15) is 9.90 Å². The Bertz CT molecular complexity index is 1470. The number of hydrogen-bond donors (Lipinski definition) is 2. The molecule has 6 heteroatoms. The predicted octanol–water partition coefficient (Wildman–Crippen LogP) is 5.60. The Morgan fingerprint density at radius 1 is 0.917 bits per heavy atom. The summed E-state index contributed by atoms with van der Waals surface area (Å²) in [5, 5.41) is 15.2. The number of rotatable bonds is 7. The van der Waals surface area contributed by atoms with E-state index in [1.54, 1.807) is 19.2 Å². The van der Waals surface area contributed by atoms with E-state index in [0.29, 0.717) is 34.9 Å². The van der Waals surface area contributed by atoms with Crippen molar-refractivity contribution in [2.75, 3.05) is 12.4 Å². The number of anilines is 1. The second-order valence-corrected chi connectivity index (χ2v) is 8.51. The topological polar surface area (TPSA) is 76.4 Å². The van der Waals surface area contributed by atoms with Crippen molar-refractivity contribution in [2.45, 2.75) is 19.1 Å². The first-order valence-electron chi connectivity index (χ1n) is 11.8. The van der Waals surface area contributed by atoms with Gasteiger partial charge in [0.25, 0.3) is 5.91 Å². The minimum absolute atomic E-state index is 0.239. The zero-order valence-corrected chi connectivity index (χ0v) is 20.2. The summed E-state index contributed by atoms with van der Waals surface area (Å²) >= 11 is 0. The lowest BCUT2D eigenvalue weighted by atomic mass is 9.85. The van der Waals surface area contributed by atoms with Crippen molar-refractivity contribution in [2.24, 2.45) is 0 Å². The SMILES string of the molecule is CCn1c(C(O)(c2ccccc2)c2ccccc2)nc2ccc(C(=O)Nc3cccc(OC)c3)cc21. The number of ether oxygens (including phenoxy) is 1. The third-order valence-electron chi connectivity index (χ3n) is 6.36. The molecule has 36 heavy (non-hydrogen) atoms. The number of aliphatic hydroxyl groups is 1. The minimum Gasteiger partial charge on any atom is -0.497 e. The van der Waals surface area contributed by atoms with Crippen molar-refractivity contribution in [3.63, 3.8) is 0 Å². The highest BCUT2D eigenvalue weighted by molar-refractivity contribution is 6.06. The third-order valence-corrected chi connectivity index (χ3v) is 6.36. The van der Waals surface area contributed by atoms with Crippen molar-refractivity contribution >= 4 is 22.6 Å². The summed E-state index contributed by atoms with van der Waals surface area (Å²) in [4.78, 5) is 18.0. The van der Waals surface area contributed by atoms with Crippen LogP contribution in [0.4, 0.5) is 5.69 Å². The summed E-state index contributed by atoms with van der Waals surface area (Å²) in [6.07, 6.45) is 0. The fraction of sp³-hybridized carbons (Fsp3) is 0.133. The molecule has 1 amide bonds. The average Bonchev–Trinajstić information content (AvgIpc) is 3.32. The van der Waals surface area contributed by atoms with E-state index < -0.39 is 5.60 Å². The summed E-state index contributed by atoms with van der Waals surface area (Å²) in [7, 11) is 1.59. The van der Waals surface area contributed by atoms with E-state index in [0.717, 1.165) is 16.6 Å². The van der Waals surface area contributed by atoms with Crippen LogP contribution in [0.2, 0.25) is 0 Å². The van der Waals surface area contributed by atoms with Gasteiger partial charge in [0, 0.05) is 23.9 Å². The maximum Gasteiger partial charge on any atom is 0.255 e. The van der Waals surface area contributed by atoms with Crippen LogP contribution in [-0.4, -0.2) is 27.7 Å². The number of nitrogens with zero attached hydrogens (tertiary/aromatic N) is 2. The Morgan fingerprint density at radius 2 is 1.58 bits per heavy atom. The number of aromatic nitrogens is 2. The molecule has 0 fully saturated rings. The van der Waals surface area contributed by atoms with Crippen LogP contribution in [-0.2, 0) is 12.1 Å². The largest absolute Gasteiger partial charge is 0.497 e. The number of imidazole rings is 1. The standard InChI is InChI=1S/C30H27N3O3/c1-3-33-27-19-21(28(34)31-24-15-10-16-25(20-24)36-2)17-18-26(27)32-29(33)30(35,22-11-6-4-7-12-22)23-13-8-5-9-14-23/h4-20,35H,3H2,1-2H3,(H,31,34). The monoisotopic (exact) mass is 477 g/mol. The number of fused-ring (bicyclic) bond motifs is 1. The van der Waals surface area contributed by atoms with Crippen LogP contribution in [0.15, 0.2) is 103 Å². The lowest BCUT2D eigenvalue weighted by Gasteiger charge is -2.29. The molecule has 4 aromatic carbocycles. The average molecular weight is 478 g/mol. The van der Waals surface area contributed by atoms with Crippen LogP contribution in [0.5, 0.6) is 5.75 Å². The Labute approximate surface area is 209 Å². The maximum atomic E-state index is 13.1. The molecule has 0 unspecified atom stereocenters. The molecule has 1 aromatic heterocycles. The van der Waals surface area contributed by atoms with Gasteiger partial charge < -0.3 is 19.7 Å². The molecule has 0 atom stereocenters. The van der Waals surface area contributed by atoms with Gasteiger partial charge in [0.15, 0.2) is 11.4 Å². The van der Waals surface area contributed by atoms with Gasteiger partial charge in [-0.1, -0.05) is 66.7 Å². The van der Waals surface area contributed by atoms with Crippen LogP contribution in [0, 0.1) is 0 Å². The molecule has 2 N–H and O–H groups in total. The molecule has 0 radical (unpaired) electrons. The van der Waals surface area contributed by atoms with Crippen LogP contribution in [0.25, 0.3) is 11.0 Å². The van der Waals surface area contributed by atoms with Gasteiger partial charge in [0.1, 0.15) is 5.75 Å². The molecule has 0 bridgehead atoms. The second kappa shape index (κ2) is 9.68. The molecule has 0 saturated heterocycles. The fourth-order valence-corrected chi connectivity index (χ4v) is 4.55. The lowest BCUT2D eigenvalue weighted by Crippen LogP contribution is -2.32. The number of nitrogens with one attached hydrogen (secondary N) is 1. The Hall–Kier alpha value is -4.42. The third kappa shape index (κ3) is 4.12. The summed E-state index contributed by atoms with van der Waals surface area (Å²) in [5.74, 6) is 0.928. The van der Waals surface area contributed by atoms with Crippen molar-refractivity contribution in [1.29, 1.82) is 0 Å². The molecule has 0 saturated carbocycles. The molecule has 0 spiro atoms. The molecule has 5 rings (SSSR count). The number of carbonyl (C=O) groups is 1. The van der Waals surface area contributed by atoms with E-state index in [1.165, 1.54) is 0 Å². The van der Waals surface area contributed by atoms with Gasteiger partial charge >= 0.3 is 0 Å². The second-order valence-electron chi connectivity index (χ2n) is 8.51. The van der Waals surface area contributed by atoms with Crippen molar-refractivity contribution in [3.05, 3.63) is 126 Å². The van der Waals surface area contributed by atoms with Gasteiger partial charge in [-0.15, -0.1) is 0 Å². The quantitative estimate of drug-likeness (QED) is 0.320. The maximum absolute atomic E-state index is 13.1. The first-order chi connectivity index (χ1) is 17.5. The van der Waals surface area contributed by atoms with E-state index >= 15 is 0 Å². The highest BCUT2D eigenvalue weighted by atomic mass is 16.5. The van der Waals surface area contributed by atoms with E-state index in [-0.39, 0.29) is 5.91 Å². The highest BCUT2D eigenvalue weighted by Crippen LogP contribution is 2.37. The van der Waals surface area contributed by atoms with Gasteiger partial charge in [-0.3, -0.25) is 4.79 Å². The van der Waals surface area contributed by atoms with Crippen LogP contribution in [0.3, 0.4) is 0 Å². The molecule has 0 aliphatic rings. The number of amides is 1. The fourth-order valence-electron chi connectivity index (χ4n) is 4.55. The first-order valence-corrected chi connectivity index (χ1v) is 11.8. The first kappa shape index (κ1) is 23.3. The predicted molar refractivity (Wildman–Crippen MR) is 141 cm³/mol. The van der Waals surface area contributed by atoms with Gasteiger partial charge in [0.05, 0.1) is 18.1 Å². The zero-order chi connectivity index (χ0) is 25.1. The normalized spacial score (nSPS) is 11.4. The van der Waals surface area contributed by atoms with Crippen molar-refractivity contribution in [1.82, 2.24) is 9.55 Å². The molecule has 5 aromatic rings. The number of aryl methyl sites for hydroxylation is 1.